The third kappa shape index (κ3) is 44.9. The summed E-state index contributed by atoms with van der Waals surface area (Å²) in [5.74, 6) is -1.06. The van der Waals surface area contributed by atoms with Gasteiger partial charge < -0.3 is 14.2 Å². The summed E-state index contributed by atoms with van der Waals surface area (Å²) in [7, 11) is 0. The number of hydrogen-bond donors (Lipinski definition) is 0. The van der Waals surface area contributed by atoms with Gasteiger partial charge in [0.05, 0.1) is 0 Å². The summed E-state index contributed by atoms with van der Waals surface area (Å²) < 4.78 is 16.6. The molecule has 1 atom stereocenters. The predicted molar refractivity (Wildman–Crippen MR) is 256 cm³/mol. The van der Waals surface area contributed by atoms with Gasteiger partial charge in [0.1, 0.15) is 13.2 Å². The summed E-state index contributed by atoms with van der Waals surface area (Å²) in [6, 6.07) is 0. The van der Waals surface area contributed by atoms with E-state index in [4.69, 9.17) is 14.2 Å². The van der Waals surface area contributed by atoms with E-state index in [9.17, 15) is 14.4 Å². The first-order chi connectivity index (χ1) is 29.5. The van der Waals surface area contributed by atoms with Crippen LogP contribution in [0, 0.1) is 0 Å². The van der Waals surface area contributed by atoms with E-state index in [0.29, 0.717) is 12.8 Å². The SMILES string of the molecule is CC\C=C/C=C\C=C/CCCCCCCCCC(=O)OC(COC(=O)CC/C=C\C/C=C\C/C=C\C/C=C\C/C=C\CC)COC(=O)CCCCC/C=C\C=C/CCCC. The van der Waals surface area contributed by atoms with E-state index in [1.807, 2.05) is 12.2 Å². The van der Waals surface area contributed by atoms with E-state index in [2.05, 4.69) is 130 Å². The monoisotopic (exact) mass is 829 g/mol. The highest BCUT2D eigenvalue weighted by Gasteiger charge is 2.19. The van der Waals surface area contributed by atoms with Gasteiger partial charge in [0.15, 0.2) is 6.10 Å². The Morgan fingerprint density at radius 3 is 1.30 bits per heavy atom. The van der Waals surface area contributed by atoms with Crippen molar-refractivity contribution in [2.75, 3.05) is 13.2 Å². The first-order valence-corrected chi connectivity index (χ1v) is 23.6. The molecule has 6 heteroatoms. The molecular weight excluding hydrogens is 745 g/mol. The third-order valence-corrected chi connectivity index (χ3v) is 9.28. The lowest BCUT2D eigenvalue weighted by molar-refractivity contribution is -0.166. The van der Waals surface area contributed by atoms with Crippen molar-refractivity contribution in [3.05, 3.63) is 122 Å². The van der Waals surface area contributed by atoms with E-state index >= 15 is 0 Å². The third-order valence-electron chi connectivity index (χ3n) is 9.28. The highest BCUT2D eigenvalue weighted by atomic mass is 16.6. The van der Waals surface area contributed by atoms with Crippen molar-refractivity contribution in [1.29, 1.82) is 0 Å². The van der Waals surface area contributed by atoms with Crippen LogP contribution in [-0.4, -0.2) is 37.2 Å². The molecule has 0 aromatic carbocycles. The van der Waals surface area contributed by atoms with Gasteiger partial charge in [0.2, 0.25) is 0 Å². The van der Waals surface area contributed by atoms with Gasteiger partial charge in [-0.25, -0.2) is 0 Å². The molecule has 0 rings (SSSR count). The van der Waals surface area contributed by atoms with Crippen LogP contribution in [0.3, 0.4) is 0 Å². The van der Waals surface area contributed by atoms with Crippen LogP contribution in [0.5, 0.6) is 0 Å². The second-order valence-electron chi connectivity index (χ2n) is 15.0. The zero-order chi connectivity index (χ0) is 43.7. The molecular formula is C54H84O6. The molecule has 0 fully saturated rings. The molecule has 0 radical (unpaired) electrons. The zero-order valence-corrected chi connectivity index (χ0v) is 38.2. The molecule has 0 amide bonds. The number of esters is 3. The maximum Gasteiger partial charge on any atom is 0.306 e. The first kappa shape index (κ1) is 55.8. The number of hydrogen-bond acceptors (Lipinski definition) is 6. The number of carbonyl (C=O) groups is 3. The minimum atomic E-state index is -0.827. The van der Waals surface area contributed by atoms with Crippen LogP contribution >= 0.6 is 0 Å². The Kier molecular flexibility index (Phi) is 44.2. The molecule has 0 aliphatic heterocycles. The lowest BCUT2D eigenvalue weighted by Crippen LogP contribution is -2.30. The maximum atomic E-state index is 12.7. The largest absolute Gasteiger partial charge is 0.462 e. The summed E-state index contributed by atoms with van der Waals surface area (Å²) in [6.07, 6.45) is 64.8. The summed E-state index contributed by atoms with van der Waals surface area (Å²) in [6.45, 7) is 6.21. The van der Waals surface area contributed by atoms with Crippen LogP contribution in [0.4, 0.5) is 0 Å². The predicted octanol–water partition coefficient (Wildman–Crippen LogP) is 15.4. The Bertz CT molecular complexity index is 1320. The standard InChI is InChI=1S/C54H84O6/c1-4-7-10-13-16-19-22-24-26-28-29-32-35-38-41-44-47-53(56)59-50-51(49-58-52(55)46-43-40-37-34-31-21-18-15-12-9-6-3)60-54(57)48-45-42-39-36-33-30-27-25-23-20-17-14-11-8-5-2/h7-8,10-11,14-21,23-24,26,29,31-32,38,41,51H,4-6,9,12-13,22,25,27-28,30,33-37,39-40,42-50H2,1-3H3/b10-7-,11-8-,17-14-,18-15-,19-16-,23-20-,26-24-,31-21-,32-29-,41-38-. The first-order valence-electron chi connectivity index (χ1n) is 23.6. The lowest BCUT2D eigenvalue weighted by Gasteiger charge is -2.18. The van der Waals surface area contributed by atoms with Crippen LogP contribution in [0.25, 0.3) is 0 Å². The topological polar surface area (TPSA) is 78.9 Å². The highest BCUT2D eigenvalue weighted by molar-refractivity contribution is 5.71. The van der Waals surface area contributed by atoms with E-state index in [1.165, 1.54) is 32.1 Å². The van der Waals surface area contributed by atoms with Gasteiger partial charge in [-0.3, -0.25) is 14.4 Å². The van der Waals surface area contributed by atoms with Crippen molar-refractivity contribution in [3.8, 4) is 0 Å². The van der Waals surface area contributed by atoms with Gasteiger partial charge in [0.25, 0.3) is 0 Å². The number of carbonyl (C=O) groups excluding carboxylic acids is 3. The van der Waals surface area contributed by atoms with Crippen molar-refractivity contribution >= 4 is 17.9 Å². The Balaban J connectivity index is 4.57. The van der Waals surface area contributed by atoms with Gasteiger partial charge in [-0.2, -0.15) is 0 Å². The van der Waals surface area contributed by atoms with E-state index in [0.717, 1.165) is 103 Å². The van der Waals surface area contributed by atoms with E-state index < -0.39 is 6.10 Å². The molecule has 0 aromatic rings. The molecule has 0 heterocycles. The Morgan fingerprint density at radius 2 is 0.767 bits per heavy atom. The average Bonchev–Trinajstić information content (AvgIpc) is 3.24. The van der Waals surface area contributed by atoms with Crippen molar-refractivity contribution in [1.82, 2.24) is 0 Å². The fraction of sp³-hybridized carbons (Fsp3) is 0.574. The molecule has 0 aliphatic carbocycles. The number of unbranched alkanes of at least 4 members (excludes halogenated alkanes) is 12. The average molecular weight is 829 g/mol. The van der Waals surface area contributed by atoms with Crippen LogP contribution < -0.4 is 0 Å². The molecule has 0 saturated heterocycles. The summed E-state index contributed by atoms with van der Waals surface area (Å²) in [5.41, 5.74) is 0. The quantitative estimate of drug-likeness (QED) is 0.0201. The van der Waals surface area contributed by atoms with Crippen LogP contribution in [-0.2, 0) is 28.6 Å². The highest BCUT2D eigenvalue weighted by Crippen LogP contribution is 2.12. The molecule has 336 valence electrons. The molecule has 60 heavy (non-hydrogen) atoms. The second kappa shape index (κ2) is 47.5. The minimum absolute atomic E-state index is 0.124. The van der Waals surface area contributed by atoms with Crippen LogP contribution in [0.1, 0.15) is 181 Å². The van der Waals surface area contributed by atoms with Gasteiger partial charge in [0, 0.05) is 19.3 Å². The fourth-order valence-electron chi connectivity index (χ4n) is 5.76. The smallest absolute Gasteiger partial charge is 0.306 e. The molecule has 0 saturated carbocycles. The Hall–Kier alpha value is -4.19. The summed E-state index contributed by atoms with van der Waals surface area (Å²) in [4.78, 5) is 37.8. The van der Waals surface area contributed by atoms with Crippen molar-refractivity contribution in [3.63, 3.8) is 0 Å². The van der Waals surface area contributed by atoms with Gasteiger partial charge in [-0.15, -0.1) is 0 Å². The Morgan fingerprint density at radius 1 is 0.367 bits per heavy atom. The molecule has 1 unspecified atom stereocenters. The molecule has 0 aromatic heterocycles. The Labute approximate surface area is 367 Å². The second-order valence-corrected chi connectivity index (χ2v) is 15.0. The summed E-state index contributed by atoms with van der Waals surface area (Å²) >= 11 is 0. The zero-order valence-electron chi connectivity index (χ0n) is 38.2. The molecule has 6 nitrogen and oxygen atoms in total. The molecule has 0 bridgehead atoms. The minimum Gasteiger partial charge on any atom is -0.462 e. The fourth-order valence-corrected chi connectivity index (χ4v) is 5.76. The van der Waals surface area contributed by atoms with E-state index in [-0.39, 0.29) is 44.0 Å². The van der Waals surface area contributed by atoms with Gasteiger partial charge in [-0.1, -0.05) is 194 Å². The molecule has 0 spiro atoms. The maximum absolute atomic E-state index is 12.7. The molecule has 0 aliphatic rings. The normalized spacial score (nSPS) is 13.2. The number of allylic oxidation sites excluding steroid dienone is 20. The van der Waals surface area contributed by atoms with Gasteiger partial charge >= 0.3 is 17.9 Å². The van der Waals surface area contributed by atoms with Crippen molar-refractivity contribution < 1.29 is 28.6 Å². The van der Waals surface area contributed by atoms with Gasteiger partial charge in [-0.05, 0) is 89.9 Å². The van der Waals surface area contributed by atoms with Crippen molar-refractivity contribution in [2.24, 2.45) is 0 Å². The molecule has 0 N–H and O–H groups in total. The lowest BCUT2D eigenvalue weighted by atomic mass is 10.1. The number of rotatable bonds is 40. The number of ether oxygens (including phenoxy) is 3. The van der Waals surface area contributed by atoms with Crippen LogP contribution in [0.15, 0.2) is 122 Å². The summed E-state index contributed by atoms with van der Waals surface area (Å²) in [5, 5.41) is 0. The van der Waals surface area contributed by atoms with Crippen LogP contribution in [0.2, 0.25) is 0 Å². The van der Waals surface area contributed by atoms with E-state index in [1.54, 1.807) is 0 Å². The van der Waals surface area contributed by atoms with Crippen molar-refractivity contribution in [2.45, 2.75) is 187 Å².